The van der Waals surface area contributed by atoms with E-state index in [9.17, 15) is 9.90 Å². The zero-order chi connectivity index (χ0) is 14.5. The van der Waals surface area contributed by atoms with Gasteiger partial charge in [0.05, 0.1) is 6.54 Å². The van der Waals surface area contributed by atoms with Gasteiger partial charge in [-0.2, -0.15) is 0 Å². The summed E-state index contributed by atoms with van der Waals surface area (Å²) in [5.41, 5.74) is 0.676. The summed E-state index contributed by atoms with van der Waals surface area (Å²) >= 11 is 0. The van der Waals surface area contributed by atoms with Crippen molar-refractivity contribution in [3.63, 3.8) is 0 Å². The summed E-state index contributed by atoms with van der Waals surface area (Å²) in [6, 6.07) is 6.98. The molecule has 0 radical (unpaired) electrons. The van der Waals surface area contributed by atoms with Crippen LogP contribution in [0.1, 0.15) is 30.1 Å². The summed E-state index contributed by atoms with van der Waals surface area (Å²) < 4.78 is 0. The van der Waals surface area contributed by atoms with Gasteiger partial charge < -0.3 is 10.0 Å². The lowest BCUT2D eigenvalue weighted by molar-refractivity contribution is 0.0888. The van der Waals surface area contributed by atoms with Gasteiger partial charge in [0.1, 0.15) is 5.75 Å². The SMILES string of the molecule is CCC1CN(C)CCCN1CC(=O)c1ccc(O)cc1. The number of ketones is 1. The van der Waals surface area contributed by atoms with Crippen molar-refractivity contribution in [2.75, 3.05) is 33.2 Å². The monoisotopic (exact) mass is 276 g/mol. The van der Waals surface area contributed by atoms with E-state index in [1.54, 1.807) is 24.3 Å². The summed E-state index contributed by atoms with van der Waals surface area (Å²) in [5.74, 6) is 0.331. The second-order valence-electron chi connectivity index (χ2n) is 5.62. The predicted molar refractivity (Wildman–Crippen MR) is 80.2 cm³/mol. The van der Waals surface area contributed by atoms with Crippen LogP contribution in [0, 0.1) is 0 Å². The number of benzene rings is 1. The van der Waals surface area contributed by atoms with E-state index in [4.69, 9.17) is 0 Å². The lowest BCUT2D eigenvalue weighted by Crippen LogP contribution is -2.42. The molecule has 1 atom stereocenters. The highest BCUT2D eigenvalue weighted by atomic mass is 16.3. The van der Waals surface area contributed by atoms with Gasteiger partial charge in [0.25, 0.3) is 0 Å². The van der Waals surface area contributed by atoms with Gasteiger partial charge in [-0.1, -0.05) is 6.92 Å². The number of nitrogens with zero attached hydrogens (tertiary/aromatic N) is 2. The third-order valence-electron chi connectivity index (χ3n) is 4.03. The molecule has 110 valence electrons. The van der Waals surface area contributed by atoms with E-state index in [1.807, 2.05) is 0 Å². The second kappa shape index (κ2) is 6.86. The van der Waals surface area contributed by atoms with Crippen molar-refractivity contribution in [2.24, 2.45) is 0 Å². The molecule has 0 bridgehead atoms. The smallest absolute Gasteiger partial charge is 0.176 e. The van der Waals surface area contributed by atoms with Gasteiger partial charge in [-0.15, -0.1) is 0 Å². The van der Waals surface area contributed by atoms with E-state index in [-0.39, 0.29) is 11.5 Å². The largest absolute Gasteiger partial charge is 0.508 e. The Morgan fingerprint density at radius 3 is 2.65 bits per heavy atom. The standard InChI is InChI=1S/C16H24N2O2/c1-3-14-11-17(2)9-4-10-18(14)12-16(20)13-5-7-15(19)8-6-13/h5-8,14,19H,3-4,9-12H2,1-2H3. The first-order valence-corrected chi connectivity index (χ1v) is 7.35. The maximum Gasteiger partial charge on any atom is 0.176 e. The number of likely N-dealkylation sites (N-methyl/N-ethyl adjacent to an activating group) is 1. The summed E-state index contributed by atoms with van der Waals surface area (Å²) in [7, 11) is 2.15. The first-order chi connectivity index (χ1) is 9.60. The molecule has 1 N–H and O–H groups in total. The average Bonchev–Trinajstić information content (AvgIpc) is 2.61. The Morgan fingerprint density at radius 1 is 1.30 bits per heavy atom. The fourth-order valence-corrected chi connectivity index (χ4v) is 2.81. The highest BCUT2D eigenvalue weighted by molar-refractivity contribution is 5.97. The van der Waals surface area contributed by atoms with Crippen molar-refractivity contribution in [3.8, 4) is 5.75 Å². The Kier molecular flexibility index (Phi) is 5.15. The Balaban J connectivity index is 2.03. The van der Waals surface area contributed by atoms with E-state index in [0.29, 0.717) is 18.2 Å². The van der Waals surface area contributed by atoms with Gasteiger partial charge in [-0.25, -0.2) is 0 Å². The molecule has 2 rings (SSSR count). The third kappa shape index (κ3) is 3.81. The van der Waals surface area contributed by atoms with Crippen molar-refractivity contribution in [2.45, 2.75) is 25.8 Å². The van der Waals surface area contributed by atoms with Crippen LogP contribution in [0.25, 0.3) is 0 Å². The molecule has 4 nitrogen and oxygen atoms in total. The Bertz CT molecular complexity index is 444. The highest BCUT2D eigenvalue weighted by Gasteiger charge is 2.24. The van der Waals surface area contributed by atoms with Crippen LogP contribution in [-0.2, 0) is 0 Å². The Labute approximate surface area is 121 Å². The molecule has 1 aliphatic rings. The van der Waals surface area contributed by atoms with E-state index >= 15 is 0 Å². The van der Waals surface area contributed by atoms with E-state index in [2.05, 4.69) is 23.8 Å². The summed E-state index contributed by atoms with van der Waals surface area (Å²) in [4.78, 5) is 17.0. The number of carbonyl (C=O) groups excluding carboxylic acids is 1. The topological polar surface area (TPSA) is 43.8 Å². The first kappa shape index (κ1) is 15.0. The maximum atomic E-state index is 12.3. The van der Waals surface area contributed by atoms with Crippen LogP contribution in [0.3, 0.4) is 0 Å². The molecule has 1 aromatic rings. The number of rotatable bonds is 4. The van der Waals surface area contributed by atoms with Crippen LogP contribution in [0.4, 0.5) is 0 Å². The molecular formula is C16H24N2O2. The average molecular weight is 276 g/mol. The molecular weight excluding hydrogens is 252 g/mol. The minimum Gasteiger partial charge on any atom is -0.508 e. The first-order valence-electron chi connectivity index (χ1n) is 7.35. The highest BCUT2D eigenvalue weighted by Crippen LogP contribution is 2.15. The van der Waals surface area contributed by atoms with Crippen molar-refractivity contribution < 1.29 is 9.90 Å². The molecule has 1 heterocycles. The Hall–Kier alpha value is -1.39. The van der Waals surface area contributed by atoms with Crippen molar-refractivity contribution in [1.29, 1.82) is 0 Å². The fourth-order valence-electron chi connectivity index (χ4n) is 2.81. The molecule has 1 aromatic carbocycles. The lowest BCUT2D eigenvalue weighted by atomic mass is 10.1. The Morgan fingerprint density at radius 2 is 2.00 bits per heavy atom. The third-order valence-corrected chi connectivity index (χ3v) is 4.03. The number of Topliss-reactive ketones (excluding diaryl/α,β-unsaturated/α-hetero) is 1. The molecule has 0 amide bonds. The molecule has 0 saturated carbocycles. The molecule has 1 fully saturated rings. The minimum atomic E-state index is 0.132. The predicted octanol–water partition coefficient (Wildman–Crippen LogP) is 1.99. The molecule has 0 spiro atoms. The quantitative estimate of drug-likeness (QED) is 0.854. The summed E-state index contributed by atoms with van der Waals surface area (Å²) in [5, 5.41) is 9.28. The van der Waals surface area contributed by atoms with Gasteiger partial charge in [0.15, 0.2) is 5.78 Å². The number of carbonyl (C=O) groups is 1. The molecule has 1 aliphatic heterocycles. The summed E-state index contributed by atoms with van der Waals surface area (Å²) in [6.45, 7) is 5.76. The van der Waals surface area contributed by atoms with Gasteiger partial charge in [-0.05, 0) is 50.7 Å². The number of hydrogen-bond acceptors (Lipinski definition) is 4. The van der Waals surface area contributed by atoms with Crippen LogP contribution < -0.4 is 0 Å². The van der Waals surface area contributed by atoms with Crippen LogP contribution in [0.15, 0.2) is 24.3 Å². The minimum absolute atomic E-state index is 0.132. The number of hydrogen-bond donors (Lipinski definition) is 1. The second-order valence-corrected chi connectivity index (χ2v) is 5.62. The molecule has 1 saturated heterocycles. The van der Waals surface area contributed by atoms with Gasteiger partial charge in [0.2, 0.25) is 0 Å². The summed E-state index contributed by atoms with van der Waals surface area (Å²) in [6.07, 6.45) is 2.17. The van der Waals surface area contributed by atoms with E-state index in [0.717, 1.165) is 32.5 Å². The molecule has 20 heavy (non-hydrogen) atoms. The van der Waals surface area contributed by atoms with Gasteiger partial charge in [0, 0.05) is 24.7 Å². The zero-order valence-electron chi connectivity index (χ0n) is 12.4. The van der Waals surface area contributed by atoms with Gasteiger partial charge in [-0.3, -0.25) is 9.69 Å². The number of aromatic hydroxyl groups is 1. The van der Waals surface area contributed by atoms with Crippen LogP contribution in [0.5, 0.6) is 5.75 Å². The van der Waals surface area contributed by atoms with Crippen molar-refractivity contribution >= 4 is 5.78 Å². The maximum absolute atomic E-state index is 12.3. The zero-order valence-corrected chi connectivity index (χ0v) is 12.4. The van der Waals surface area contributed by atoms with E-state index in [1.165, 1.54) is 0 Å². The normalized spacial score (nSPS) is 21.6. The van der Waals surface area contributed by atoms with Crippen LogP contribution >= 0.6 is 0 Å². The van der Waals surface area contributed by atoms with E-state index < -0.39 is 0 Å². The lowest BCUT2D eigenvalue weighted by Gasteiger charge is -2.29. The van der Waals surface area contributed by atoms with Crippen LogP contribution in [-0.4, -0.2) is 60.0 Å². The number of phenolic OH excluding ortho intramolecular Hbond substituents is 1. The van der Waals surface area contributed by atoms with Crippen LogP contribution in [0.2, 0.25) is 0 Å². The fraction of sp³-hybridized carbons (Fsp3) is 0.562. The van der Waals surface area contributed by atoms with Gasteiger partial charge >= 0.3 is 0 Å². The molecule has 1 unspecified atom stereocenters. The van der Waals surface area contributed by atoms with Crippen molar-refractivity contribution in [1.82, 2.24) is 9.80 Å². The number of phenols is 1. The molecule has 0 aromatic heterocycles. The molecule has 0 aliphatic carbocycles. The molecule has 4 heteroatoms. The van der Waals surface area contributed by atoms with Crippen molar-refractivity contribution in [3.05, 3.63) is 29.8 Å².